The molecule has 0 spiro atoms. The van der Waals surface area contributed by atoms with Crippen LogP contribution in [0.25, 0.3) is 10.6 Å². The minimum Gasteiger partial charge on any atom is -0.477 e. The Morgan fingerprint density at radius 1 is 1.53 bits per heavy atom. The number of rotatable bonds is 2. The van der Waals surface area contributed by atoms with Crippen molar-refractivity contribution in [1.82, 2.24) is 9.97 Å². The molecule has 6 heteroatoms. The van der Waals surface area contributed by atoms with Crippen LogP contribution in [0.4, 0.5) is 0 Å². The first-order chi connectivity index (χ1) is 7.16. The van der Waals surface area contributed by atoms with Crippen LogP contribution in [0, 0.1) is 0 Å². The summed E-state index contributed by atoms with van der Waals surface area (Å²) < 4.78 is 0. The van der Waals surface area contributed by atoms with Crippen LogP contribution in [0.1, 0.15) is 10.5 Å². The van der Waals surface area contributed by atoms with Crippen molar-refractivity contribution in [2.45, 2.75) is 0 Å². The van der Waals surface area contributed by atoms with Gasteiger partial charge >= 0.3 is 11.7 Å². The Hall–Kier alpha value is -1.95. The molecule has 0 atom stereocenters. The van der Waals surface area contributed by atoms with Crippen LogP contribution in [0.3, 0.4) is 0 Å². The molecule has 0 unspecified atom stereocenters. The van der Waals surface area contributed by atoms with E-state index >= 15 is 0 Å². The molecule has 0 aromatic carbocycles. The van der Waals surface area contributed by atoms with E-state index in [2.05, 4.69) is 9.97 Å². The molecular weight excluding hydrogens is 216 g/mol. The van der Waals surface area contributed by atoms with E-state index in [0.717, 1.165) is 4.88 Å². The van der Waals surface area contributed by atoms with Crippen LogP contribution in [-0.4, -0.2) is 21.0 Å². The fourth-order valence-corrected chi connectivity index (χ4v) is 1.83. The van der Waals surface area contributed by atoms with Crippen molar-refractivity contribution in [1.29, 1.82) is 0 Å². The third-order valence-corrected chi connectivity index (χ3v) is 2.65. The van der Waals surface area contributed by atoms with Crippen LogP contribution in [0.15, 0.2) is 28.4 Å². The van der Waals surface area contributed by atoms with Crippen molar-refractivity contribution in [2.75, 3.05) is 0 Å². The van der Waals surface area contributed by atoms with Crippen molar-refractivity contribution < 1.29 is 9.90 Å². The molecule has 76 valence electrons. The zero-order valence-corrected chi connectivity index (χ0v) is 8.25. The van der Waals surface area contributed by atoms with E-state index in [1.54, 1.807) is 6.07 Å². The molecule has 0 aliphatic rings. The predicted octanol–water partition coefficient (Wildman–Crippen LogP) is 1.20. The number of aromatic amines is 1. The number of nitrogens with one attached hydrogen (secondary N) is 1. The van der Waals surface area contributed by atoms with Crippen molar-refractivity contribution in [3.8, 4) is 10.6 Å². The summed E-state index contributed by atoms with van der Waals surface area (Å²) in [4.78, 5) is 28.4. The molecule has 0 aliphatic carbocycles. The molecule has 2 aromatic heterocycles. The number of aromatic nitrogens is 2. The lowest BCUT2D eigenvalue weighted by Crippen LogP contribution is -2.16. The van der Waals surface area contributed by atoms with Gasteiger partial charge in [0.15, 0.2) is 5.69 Å². The molecule has 0 saturated carbocycles. The van der Waals surface area contributed by atoms with E-state index in [1.165, 1.54) is 17.4 Å². The Labute approximate surface area is 88.1 Å². The SMILES string of the molecule is O=C(O)c1cc(-c2cccs2)[nH]c(=O)n1. The molecule has 2 rings (SSSR count). The smallest absolute Gasteiger partial charge is 0.354 e. The Kier molecular flexibility index (Phi) is 2.34. The minimum atomic E-state index is -1.21. The molecule has 0 fully saturated rings. The molecule has 2 aromatic rings. The zero-order chi connectivity index (χ0) is 10.8. The second-order valence-electron chi connectivity index (χ2n) is 2.77. The van der Waals surface area contributed by atoms with Crippen molar-refractivity contribution >= 4 is 17.3 Å². The number of hydrogen-bond acceptors (Lipinski definition) is 4. The van der Waals surface area contributed by atoms with Crippen molar-refractivity contribution in [3.63, 3.8) is 0 Å². The molecule has 0 saturated heterocycles. The topological polar surface area (TPSA) is 83.0 Å². The Bertz CT molecular complexity index is 545. The first-order valence-corrected chi connectivity index (χ1v) is 4.93. The van der Waals surface area contributed by atoms with Gasteiger partial charge in [-0.1, -0.05) is 6.07 Å². The molecule has 5 nitrogen and oxygen atoms in total. The van der Waals surface area contributed by atoms with E-state index < -0.39 is 11.7 Å². The van der Waals surface area contributed by atoms with Gasteiger partial charge in [-0.25, -0.2) is 9.59 Å². The molecule has 0 aliphatic heterocycles. The lowest BCUT2D eigenvalue weighted by molar-refractivity contribution is 0.0690. The second-order valence-corrected chi connectivity index (χ2v) is 3.72. The monoisotopic (exact) mass is 222 g/mol. The summed E-state index contributed by atoms with van der Waals surface area (Å²) in [5, 5.41) is 10.6. The lowest BCUT2D eigenvalue weighted by Gasteiger charge is -1.98. The van der Waals surface area contributed by atoms with E-state index in [9.17, 15) is 9.59 Å². The second kappa shape index (κ2) is 3.66. The summed E-state index contributed by atoms with van der Waals surface area (Å²) >= 11 is 1.41. The zero-order valence-electron chi connectivity index (χ0n) is 7.43. The summed E-state index contributed by atoms with van der Waals surface area (Å²) in [6.45, 7) is 0. The molecule has 0 radical (unpaired) electrons. The van der Waals surface area contributed by atoms with Gasteiger partial charge in [-0.2, -0.15) is 4.98 Å². The number of nitrogens with zero attached hydrogens (tertiary/aromatic N) is 1. The standard InChI is InChI=1S/C9H6N2O3S/c12-8(13)6-4-5(10-9(14)11-6)7-2-1-3-15-7/h1-4H,(H,12,13)(H,10,11,14). The fourth-order valence-electron chi connectivity index (χ4n) is 1.13. The summed E-state index contributed by atoms with van der Waals surface area (Å²) in [5.74, 6) is -1.21. The largest absolute Gasteiger partial charge is 0.477 e. The minimum absolute atomic E-state index is 0.248. The summed E-state index contributed by atoms with van der Waals surface area (Å²) in [6, 6.07) is 4.95. The van der Waals surface area contributed by atoms with E-state index in [0.29, 0.717) is 5.69 Å². The van der Waals surface area contributed by atoms with Crippen molar-refractivity contribution in [3.05, 3.63) is 39.8 Å². The highest BCUT2D eigenvalue weighted by Gasteiger charge is 2.09. The summed E-state index contributed by atoms with van der Waals surface area (Å²) in [7, 11) is 0. The number of carbonyl (C=O) groups is 1. The molecule has 15 heavy (non-hydrogen) atoms. The van der Waals surface area contributed by atoms with Crippen LogP contribution in [-0.2, 0) is 0 Å². The maximum absolute atomic E-state index is 11.1. The van der Waals surface area contributed by atoms with Gasteiger partial charge in [-0.3, -0.25) is 0 Å². The van der Waals surface area contributed by atoms with E-state index in [4.69, 9.17) is 5.11 Å². The number of hydrogen-bond donors (Lipinski definition) is 2. The predicted molar refractivity (Wildman–Crippen MR) is 55.1 cm³/mol. The Morgan fingerprint density at radius 3 is 2.93 bits per heavy atom. The molecule has 2 N–H and O–H groups in total. The molecular formula is C9H6N2O3S. The van der Waals surface area contributed by atoms with Gasteiger partial charge in [0.05, 0.1) is 10.6 Å². The average Bonchev–Trinajstić information content (AvgIpc) is 2.69. The van der Waals surface area contributed by atoms with E-state index in [1.807, 2.05) is 11.4 Å². The van der Waals surface area contributed by atoms with Gasteiger partial charge in [0, 0.05) is 0 Å². The Balaban J connectivity index is 2.59. The quantitative estimate of drug-likeness (QED) is 0.799. The Morgan fingerprint density at radius 2 is 2.33 bits per heavy atom. The highest BCUT2D eigenvalue weighted by atomic mass is 32.1. The first kappa shape index (κ1) is 9.60. The normalized spacial score (nSPS) is 10.1. The first-order valence-electron chi connectivity index (χ1n) is 4.05. The highest BCUT2D eigenvalue weighted by molar-refractivity contribution is 7.13. The maximum Gasteiger partial charge on any atom is 0.354 e. The fraction of sp³-hybridized carbons (Fsp3) is 0. The third-order valence-electron chi connectivity index (χ3n) is 1.75. The van der Waals surface area contributed by atoms with Gasteiger partial charge in [-0.15, -0.1) is 11.3 Å². The number of aromatic carboxylic acids is 1. The summed E-state index contributed by atoms with van der Waals surface area (Å²) in [6.07, 6.45) is 0. The molecule has 0 amide bonds. The molecule has 2 heterocycles. The maximum atomic E-state index is 11.1. The number of carboxylic acid groups (broad SMARTS) is 1. The van der Waals surface area contributed by atoms with Crippen LogP contribution >= 0.6 is 11.3 Å². The number of thiophene rings is 1. The average molecular weight is 222 g/mol. The summed E-state index contributed by atoms with van der Waals surface area (Å²) in [5.41, 5.74) is -0.428. The van der Waals surface area contributed by atoms with Gasteiger partial charge in [0.2, 0.25) is 0 Å². The van der Waals surface area contributed by atoms with Gasteiger partial charge in [0.25, 0.3) is 0 Å². The van der Waals surface area contributed by atoms with Crippen LogP contribution in [0.2, 0.25) is 0 Å². The molecule has 0 bridgehead atoms. The van der Waals surface area contributed by atoms with Gasteiger partial charge in [-0.05, 0) is 17.5 Å². The number of carboxylic acids is 1. The van der Waals surface area contributed by atoms with Crippen molar-refractivity contribution in [2.24, 2.45) is 0 Å². The van der Waals surface area contributed by atoms with E-state index in [-0.39, 0.29) is 5.69 Å². The van der Waals surface area contributed by atoms with Gasteiger partial charge in [0.1, 0.15) is 0 Å². The van der Waals surface area contributed by atoms with Crippen LogP contribution < -0.4 is 5.69 Å². The highest BCUT2D eigenvalue weighted by Crippen LogP contribution is 2.21. The lowest BCUT2D eigenvalue weighted by atomic mass is 10.3. The van der Waals surface area contributed by atoms with Crippen LogP contribution in [0.5, 0.6) is 0 Å². The number of H-pyrrole nitrogens is 1. The van der Waals surface area contributed by atoms with Gasteiger partial charge < -0.3 is 10.1 Å². The third kappa shape index (κ3) is 1.94.